The molecule has 0 spiro atoms. The number of para-hydroxylation sites is 1. The summed E-state index contributed by atoms with van der Waals surface area (Å²) in [5.74, 6) is 0.218. The molecule has 0 aliphatic rings. The number of aryl methyl sites for hydroxylation is 1. The molecule has 108 valence electrons. The van der Waals surface area contributed by atoms with Crippen LogP contribution in [0.25, 0.3) is 10.9 Å². The molecule has 0 saturated carbocycles. The Labute approximate surface area is 129 Å². The molecule has 0 atom stereocenters. The summed E-state index contributed by atoms with van der Waals surface area (Å²) in [5, 5.41) is 1.14. The summed E-state index contributed by atoms with van der Waals surface area (Å²) in [6.07, 6.45) is 4.61. The Morgan fingerprint density at radius 1 is 1.20 bits per heavy atom. The minimum absolute atomic E-state index is 0.218. The Balaban J connectivity index is 2.67. The topological polar surface area (TPSA) is 22.0 Å². The third kappa shape index (κ3) is 2.22. The standard InChI is InChI=1S/C17H22BrNO/c1-5-17(6-2,7-3)16(20)19-11-12(4)13-9-8-10-14(18)15(13)19/h8-11H,5-7H2,1-4H3. The molecule has 1 aromatic carbocycles. The fourth-order valence-electron chi connectivity index (χ4n) is 3.03. The van der Waals surface area contributed by atoms with Gasteiger partial charge in [-0.15, -0.1) is 0 Å². The number of carbonyl (C=O) groups is 1. The van der Waals surface area contributed by atoms with E-state index in [4.69, 9.17) is 0 Å². The highest BCUT2D eigenvalue weighted by Gasteiger charge is 2.34. The first-order valence-electron chi connectivity index (χ1n) is 7.31. The van der Waals surface area contributed by atoms with Crippen LogP contribution < -0.4 is 0 Å². The SMILES string of the molecule is CCC(CC)(CC)C(=O)n1cc(C)c2cccc(Br)c21. The van der Waals surface area contributed by atoms with Crippen LogP contribution in [0.4, 0.5) is 0 Å². The second-order valence-electron chi connectivity index (χ2n) is 5.46. The van der Waals surface area contributed by atoms with E-state index in [1.165, 1.54) is 0 Å². The average Bonchev–Trinajstić information content (AvgIpc) is 2.80. The van der Waals surface area contributed by atoms with Gasteiger partial charge >= 0.3 is 0 Å². The maximum Gasteiger partial charge on any atom is 0.237 e. The smallest absolute Gasteiger partial charge is 0.237 e. The molecule has 2 rings (SSSR count). The lowest BCUT2D eigenvalue weighted by Crippen LogP contribution is -2.33. The number of rotatable bonds is 4. The predicted octanol–water partition coefficient (Wildman–Crippen LogP) is 5.57. The Hall–Kier alpha value is -1.09. The Morgan fingerprint density at radius 3 is 2.35 bits per heavy atom. The maximum atomic E-state index is 13.1. The van der Waals surface area contributed by atoms with Crippen molar-refractivity contribution in [1.82, 2.24) is 4.57 Å². The van der Waals surface area contributed by atoms with Crippen molar-refractivity contribution in [3.8, 4) is 0 Å². The molecule has 0 saturated heterocycles. The third-order valence-corrected chi connectivity index (χ3v) is 5.32. The van der Waals surface area contributed by atoms with E-state index in [1.807, 2.05) is 22.9 Å². The normalized spacial score (nSPS) is 12.1. The van der Waals surface area contributed by atoms with Gasteiger partial charge in [-0.05, 0) is 53.7 Å². The molecule has 1 aromatic heterocycles. The highest BCUT2D eigenvalue weighted by molar-refractivity contribution is 9.10. The zero-order chi connectivity index (χ0) is 14.9. The van der Waals surface area contributed by atoms with Gasteiger partial charge in [0.2, 0.25) is 5.91 Å². The van der Waals surface area contributed by atoms with E-state index in [-0.39, 0.29) is 11.3 Å². The summed E-state index contributed by atoms with van der Waals surface area (Å²) in [4.78, 5) is 13.1. The Morgan fingerprint density at radius 2 is 1.80 bits per heavy atom. The number of hydrogen-bond donors (Lipinski definition) is 0. The van der Waals surface area contributed by atoms with Crippen LogP contribution in [0.1, 0.15) is 50.4 Å². The molecule has 0 bridgehead atoms. The molecule has 20 heavy (non-hydrogen) atoms. The van der Waals surface area contributed by atoms with Gasteiger partial charge in [0.25, 0.3) is 0 Å². The highest BCUT2D eigenvalue weighted by Crippen LogP contribution is 2.36. The molecule has 2 nitrogen and oxygen atoms in total. The van der Waals surface area contributed by atoms with Gasteiger partial charge in [-0.3, -0.25) is 9.36 Å². The molecular formula is C17H22BrNO. The molecule has 2 aromatic rings. The molecule has 0 radical (unpaired) electrons. The van der Waals surface area contributed by atoms with E-state index in [2.05, 4.69) is 49.7 Å². The van der Waals surface area contributed by atoms with Gasteiger partial charge in [-0.2, -0.15) is 0 Å². The van der Waals surface area contributed by atoms with Gasteiger partial charge in [0.15, 0.2) is 0 Å². The summed E-state index contributed by atoms with van der Waals surface area (Å²) in [6, 6.07) is 6.09. The van der Waals surface area contributed by atoms with E-state index in [0.29, 0.717) is 0 Å². The van der Waals surface area contributed by atoms with Gasteiger partial charge in [-0.25, -0.2) is 0 Å². The lowest BCUT2D eigenvalue weighted by molar-refractivity contribution is 0.0675. The fraction of sp³-hybridized carbons (Fsp3) is 0.471. The molecule has 0 aliphatic carbocycles. The molecule has 1 heterocycles. The zero-order valence-corrected chi connectivity index (χ0v) is 14.3. The van der Waals surface area contributed by atoms with Crippen LogP contribution in [-0.4, -0.2) is 10.5 Å². The number of halogens is 1. The van der Waals surface area contributed by atoms with Crippen molar-refractivity contribution in [3.05, 3.63) is 34.4 Å². The summed E-state index contributed by atoms with van der Waals surface area (Å²) in [5.41, 5.74) is 1.88. The summed E-state index contributed by atoms with van der Waals surface area (Å²) < 4.78 is 2.83. The lowest BCUT2D eigenvalue weighted by Gasteiger charge is -2.29. The maximum absolute atomic E-state index is 13.1. The molecule has 0 unspecified atom stereocenters. The second-order valence-corrected chi connectivity index (χ2v) is 6.32. The number of fused-ring (bicyclic) bond motifs is 1. The number of nitrogens with zero attached hydrogens (tertiary/aromatic N) is 1. The van der Waals surface area contributed by atoms with Gasteiger partial charge in [0.1, 0.15) is 0 Å². The average molecular weight is 336 g/mol. The van der Waals surface area contributed by atoms with E-state index >= 15 is 0 Å². The summed E-state index contributed by atoms with van der Waals surface area (Å²) >= 11 is 3.59. The minimum atomic E-state index is -0.256. The summed E-state index contributed by atoms with van der Waals surface area (Å²) in [6.45, 7) is 8.39. The molecule has 0 N–H and O–H groups in total. The monoisotopic (exact) mass is 335 g/mol. The van der Waals surface area contributed by atoms with Crippen molar-refractivity contribution >= 4 is 32.7 Å². The quantitative estimate of drug-likeness (QED) is 0.715. The summed E-state index contributed by atoms with van der Waals surface area (Å²) in [7, 11) is 0. The third-order valence-electron chi connectivity index (χ3n) is 4.68. The first-order valence-corrected chi connectivity index (χ1v) is 8.11. The number of carbonyl (C=O) groups excluding carboxylic acids is 1. The van der Waals surface area contributed by atoms with E-state index in [9.17, 15) is 4.79 Å². The van der Waals surface area contributed by atoms with Crippen molar-refractivity contribution in [1.29, 1.82) is 0 Å². The van der Waals surface area contributed by atoms with Gasteiger partial charge < -0.3 is 0 Å². The fourth-order valence-corrected chi connectivity index (χ4v) is 3.58. The van der Waals surface area contributed by atoms with Crippen molar-refractivity contribution in [2.45, 2.75) is 47.0 Å². The van der Waals surface area contributed by atoms with Crippen molar-refractivity contribution in [3.63, 3.8) is 0 Å². The van der Waals surface area contributed by atoms with Crippen LogP contribution in [0, 0.1) is 12.3 Å². The van der Waals surface area contributed by atoms with Crippen molar-refractivity contribution in [2.75, 3.05) is 0 Å². The largest absolute Gasteiger partial charge is 0.285 e. The van der Waals surface area contributed by atoms with Gasteiger partial charge in [-0.1, -0.05) is 32.9 Å². The van der Waals surface area contributed by atoms with Crippen LogP contribution in [0.2, 0.25) is 0 Å². The van der Waals surface area contributed by atoms with Crippen LogP contribution >= 0.6 is 15.9 Å². The first-order chi connectivity index (χ1) is 9.50. The van der Waals surface area contributed by atoms with E-state index in [1.54, 1.807) is 0 Å². The number of aromatic nitrogens is 1. The van der Waals surface area contributed by atoms with Crippen LogP contribution in [0.15, 0.2) is 28.9 Å². The van der Waals surface area contributed by atoms with Gasteiger partial charge in [0, 0.05) is 21.5 Å². The van der Waals surface area contributed by atoms with Crippen molar-refractivity contribution in [2.24, 2.45) is 5.41 Å². The van der Waals surface area contributed by atoms with E-state index < -0.39 is 0 Å². The van der Waals surface area contributed by atoms with Crippen LogP contribution in [-0.2, 0) is 0 Å². The molecular weight excluding hydrogens is 314 g/mol. The molecule has 0 amide bonds. The Bertz CT molecular complexity index is 629. The number of hydrogen-bond acceptors (Lipinski definition) is 1. The molecule has 0 aliphatic heterocycles. The van der Waals surface area contributed by atoms with Crippen LogP contribution in [0.3, 0.4) is 0 Å². The Kier molecular flexibility index (Phi) is 4.38. The van der Waals surface area contributed by atoms with Gasteiger partial charge in [0.05, 0.1) is 5.52 Å². The van der Waals surface area contributed by atoms with E-state index in [0.717, 1.165) is 40.2 Å². The van der Waals surface area contributed by atoms with Crippen LogP contribution in [0.5, 0.6) is 0 Å². The second kappa shape index (κ2) is 5.72. The lowest BCUT2D eigenvalue weighted by atomic mass is 9.79. The first kappa shape index (κ1) is 15.3. The zero-order valence-electron chi connectivity index (χ0n) is 12.7. The minimum Gasteiger partial charge on any atom is -0.285 e. The van der Waals surface area contributed by atoms with Crippen molar-refractivity contribution < 1.29 is 4.79 Å². The molecule has 0 fully saturated rings. The molecule has 3 heteroatoms. The predicted molar refractivity (Wildman–Crippen MR) is 88.3 cm³/mol. The highest BCUT2D eigenvalue weighted by atomic mass is 79.9. The number of benzene rings is 1.